The Balaban J connectivity index is 0.823. The van der Waals surface area contributed by atoms with E-state index >= 15 is 0 Å². The molecule has 3 fully saturated rings. The highest BCUT2D eigenvalue weighted by atomic mass is 32.2. The smallest absolute Gasteiger partial charge is 0.225 e. The number of aromatic nitrogens is 5. The number of hydrogen-bond donors (Lipinski definition) is 2. The number of imidazole rings is 1. The average molecular weight is 829 g/mol. The van der Waals surface area contributed by atoms with Crippen LogP contribution in [0.5, 0.6) is 0 Å². The number of rotatable bonds is 16. The number of carbonyl (C=O) groups is 2. The molecule has 4 aromatic heterocycles. The summed E-state index contributed by atoms with van der Waals surface area (Å²) in [4.78, 5) is 47.8. The van der Waals surface area contributed by atoms with Gasteiger partial charge >= 0.3 is 0 Å². The molecule has 12 nitrogen and oxygen atoms in total. The summed E-state index contributed by atoms with van der Waals surface area (Å²) in [6.07, 6.45) is 18.3. The fourth-order valence-electron chi connectivity index (χ4n) is 8.66. The Hall–Kier alpha value is -3.77. The average Bonchev–Trinajstić information content (AvgIpc) is 3.85. The third-order valence-electron chi connectivity index (χ3n) is 12.1. The zero-order chi connectivity index (χ0) is 40.3. The number of nitrogens with two attached hydrogens (primary N) is 1. The molecule has 0 unspecified atom stereocenters. The monoisotopic (exact) mass is 828 g/mol. The van der Waals surface area contributed by atoms with Gasteiger partial charge in [-0.25, -0.2) is 19.9 Å². The number of ether oxygens (including phenoxy) is 2. The molecule has 0 atom stereocenters. The number of aryl methyl sites for hydroxylation is 1. The number of carbonyl (C=O) groups excluding carboxylic acids is 2. The van der Waals surface area contributed by atoms with E-state index in [4.69, 9.17) is 25.2 Å². The molecule has 14 heteroatoms. The Morgan fingerprint density at radius 1 is 1.03 bits per heavy atom. The van der Waals surface area contributed by atoms with Gasteiger partial charge in [-0.05, 0) is 94.3 Å². The van der Waals surface area contributed by atoms with Crippen molar-refractivity contribution in [1.82, 2.24) is 34.7 Å². The second-order valence-corrected chi connectivity index (χ2v) is 18.1. The summed E-state index contributed by atoms with van der Waals surface area (Å²) >= 11 is 3.36. The summed E-state index contributed by atoms with van der Waals surface area (Å²) in [5.41, 5.74) is 10.4. The number of thioether (sulfide) groups is 1. The van der Waals surface area contributed by atoms with E-state index in [1.165, 1.54) is 21.3 Å². The number of likely N-dealkylation sites (tertiary alicyclic amines) is 1. The SMILES string of the molecule is CCCCc1nc2c(N)nc3cc(C4CCN(C(=O)C5CCC(COCCNC(=O)CCCC#Cc6cnc(SC)nc6)CC5)CC4)sc3c2n1CC1CCOCC1. The van der Waals surface area contributed by atoms with Gasteiger partial charge in [0.15, 0.2) is 11.0 Å². The summed E-state index contributed by atoms with van der Waals surface area (Å²) in [5.74, 6) is 9.70. The fourth-order valence-corrected chi connectivity index (χ4v) is 10.3. The first-order valence-corrected chi connectivity index (χ1v) is 23.6. The highest BCUT2D eigenvalue weighted by molar-refractivity contribution is 7.98. The van der Waals surface area contributed by atoms with E-state index in [2.05, 4.69) is 49.6 Å². The molecular weight excluding hydrogens is 769 g/mol. The Morgan fingerprint density at radius 3 is 2.55 bits per heavy atom. The lowest BCUT2D eigenvalue weighted by atomic mass is 9.81. The maximum absolute atomic E-state index is 13.7. The van der Waals surface area contributed by atoms with E-state index in [-0.39, 0.29) is 11.8 Å². The number of nitrogens with zero attached hydrogens (tertiary/aromatic N) is 6. The molecule has 1 aliphatic carbocycles. The quantitative estimate of drug-likeness (QED) is 0.0507. The van der Waals surface area contributed by atoms with Gasteiger partial charge in [-0.1, -0.05) is 36.9 Å². The number of pyridine rings is 1. The summed E-state index contributed by atoms with van der Waals surface area (Å²) < 4.78 is 15.3. The maximum atomic E-state index is 13.7. The highest BCUT2D eigenvalue weighted by Gasteiger charge is 2.33. The van der Waals surface area contributed by atoms with Crippen molar-refractivity contribution in [3.8, 4) is 11.8 Å². The molecule has 3 N–H and O–H groups in total. The number of nitrogen functional groups attached to an aromatic ring is 1. The predicted molar refractivity (Wildman–Crippen MR) is 232 cm³/mol. The lowest BCUT2D eigenvalue weighted by Crippen LogP contribution is -2.42. The van der Waals surface area contributed by atoms with Crippen LogP contribution in [0.25, 0.3) is 21.3 Å². The minimum Gasteiger partial charge on any atom is -0.382 e. The van der Waals surface area contributed by atoms with Crippen LogP contribution in [0.15, 0.2) is 23.6 Å². The zero-order valence-electron chi connectivity index (χ0n) is 34.3. The molecule has 0 spiro atoms. The highest BCUT2D eigenvalue weighted by Crippen LogP contribution is 2.41. The van der Waals surface area contributed by atoms with Crippen molar-refractivity contribution in [3.05, 3.63) is 34.7 Å². The van der Waals surface area contributed by atoms with Gasteiger partial charge in [0.1, 0.15) is 11.3 Å². The Bertz CT molecular complexity index is 2040. The second-order valence-electron chi connectivity index (χ2n) is 16.2. The number of unbranched alkanes of at least 4 members (excludes halogenated alkanes) is 2. The maximum Gasteiger partial charge on any atom is 0.225 e. The van der Waals surface area contributed by atoms with Gasteiger partial charge in [0, 0.05) is 88.5 Å². The van der Waals surface area contributed by atoms with Crippen molar-refractivity contribution in [2.24, 2.45) is 17.8 Å². The molecule has 2 amide bonds. The van der Waals surface area contributed by atoms with E-state index < -0.39 is 0 Å². The Labute approximate surface area is 351 Å². The Morgan fingerprint density at radius 2 is 1.81 bits per heavy atom. The third-order valence-corrected chi connectivity index (χ3v) is 14.0. The van der Waals surface area contributed by atoms with Crippen LogP contribution in [0, 0.1) is 29.6 Å². The number of thiophene rings is 1. The van der Waals surface area contributed by atoms with Crippen LogP contribution >= 0.6 is 23.1 Å². The third kappa shape index (κ3) is 10.9. The molecule has 1 saturated carbocycles. The fraction of sp³-hybridized carbons (Fsp3) is 0.636. The van der Waals surface area contributed by atoms with Crippen LogP contribution in [0.3, 0.4) is 0 Å². The molecule has 4 aromatic rings. The van der Waals surface area contributed by atoms with Crippen molar-refractivity contribution in [2.45, 2.75) is 114 Å². The van der Waals surface area contributed by atoms with Crippen LogP contribution in [0.2, 0.25) is 0 Å². The van der Waals surface area contributed by atoms with E-state index in [0.29, 0.717) is 68.5 Å². The normalized spacial score (nSPS) is 19.4. The molecule has 2 saturated heterocycles. The number of nitrogens with one attached hydrogen (secondary N) is 1. The molecule has 2 aliphatic heterocycles. The largest absolute Gasteiger partial charge is 0.382 e. The van der Waals surface area contributed by atoms with E-state index in [1.54, 1.807) is 12.4 Å². The number of piperidine rings is 1. The molecule has 6 heterocycles. The van der Waals surface area contributed by atoms with E-state index in [9.17, 15) is 9.59 Å². The van der Waals surface area contributed by atoms with E-state index in [1.807, 2.05) is 17.6 Å². The Kier molecular flexibility index (Phi) is 15.3. The topological polar surface area (TPSA) is 150 Å². The molecule has 0 aromatic carbocycles. The minimum absolute atomic E-state index is 0.0228. The summed E-state index contributed by atoms with van der Waals surface area (Å²) in [5, 5.41) is 3.68. The summed E-state index contributed by atoms with van der Waals surface area (Å²) in [6, 6.07) is 2.26. The van der Waals surface area contributed by atoms with Gasteiger partial charge in [0.2, 0.25) is 11.8 Å². The van der Waals surface area contributed by atoms with Crippen molar-refractivity contribution < 1.29 is 19.1 Å². The van der Waals surface area contributed by atoms with Crippen LogP contribution in [-0.4, -0.2) is 93.5 Å². The molecular formula is C44H60N8O4S2. The minimum atomic E-state index is 0.0228. The zero-order valence-corrected chi connectivity index (χ0v) is 35.9. The molecule has 312 valence electrons. The first-order chi connectivity index (χ1) is 28.4. The molecule has 0 radical (unpaired) electrons. The summed E-state index contributed by atoms with van der Waals surface area (Å²) in [7, 11) is 0. The van der Waals surface area contributed by atoms with Gasteiger partial charge < -0.3 is 30.0 Å². The van der Waals surface area contributed by atoms with Gasteiger partial charge in [0.05, 0.1) is 27.9 Å². The second kappa shape index (κ2) is 21.0. The molecule has 58 heavy (non-hydrogen) atoms. The van der Waals surface area contributed by atoms with Gasteiger partial charge in [-0.15, -0.1) is 11.3 Å². The van der Waals surface area contributed by atoms with Crippen molar-refractivity contribution >= 4 is 62.0 Å². The van der Waals surface area contributed by atoms with E-state index in [0.717, 1.165) is 137 Å². The van der Waals surface area contributed by atoms with Crippen LogP contribution in [-0.2, 0) is 32.0 Å². The van der Waals surface area contributed by atoms with Crippen LogP contribution in [0.1, 0.15) is 113 Å². The van der Waals surface area contributed by atoms with Crippen molar-refractivity contribution in [2.75, 3.05) is 58.1 Å². The molecule has 0 bridgehead atoms. The van der Waals surface area contributed by atoms with Crippen molar-refractivity contribution in [3.63, 3.8) is 0 Å². The number of anilines is 1. The van der Waals surface area contributed by atoms with Gasteiger partial charge in [-0.3, -0.25) is 9.59 Å². The molecule has 7 rings (SSSR count). The van der Waals surface area contributed by atoms with Crippen LogP contribution < -0.4 is 11.1 Å². The van der Waals surface area contributed by atoms with Crippen molar-refractivity contribution in [1.29, 1.82) is 0 Å². The first kappa shape index (κ1) is 42.4. The lowest BCUT2D eigenvalue weighted by molar-refractivity contribution is -0.138. The van der Waals surface area contributed by atoms with Crippen LogP contribution in [0.4, 0.5) is 5.82 Å². The van der Waals surface area contributed by atoms with Gasteiger partial charge in [-0.2, -0.15) is 0 Å². The van der Waals surface area contributed by atoms with Gasteiger partial charge in [0.25, 0.3) is 0 Å². The summed E-state index contributed by atoms with van der Waals surface area (Å²) in [6.45, 7) is 8.12. The number of fused-ring (bicyclic) bond motifs is 3. The predicted octanol–water partition coefficient (Wildman–Crippen LogP) is 7.38. The lowest BCUT2D eigenvalue weighted by Gasteiger charge is -2.36. The molecule has 3 aliphatic rings. The number of hydrogen-bond acceptors (Lipinski definition) is 11. The standard InChI is InChI=1S/C44H60N8O4S2/c1-3-4-9-37-50-39-40(52(37)28-30-17-22-55-23-18-30)41-35(49-42(39)45)25-36(58-41)33-15-20-51(21-16-33)43(54)34-13-11-31(12-14-34)29-56-24-19-46-38(53)10-7-5-6-8-32-26-47-44(57-2)48-27-32/h25-27,30-31,33-34H,3-5,7,9-24,28-29H2,1-2H3,(H2,45,49)(H,46,53). The first-order valence-electron chi connectivity index (χ1n) is 21.5. The number of amides is 2.